The fourth-order valence-corrected chi connectivity index (χ4v) is 3.45. The first-order valence-electron chi connectivity index (χ1n) is 6.59. The molecule has 0 saturated heterocycles. The minimum Gasteiger partial charge on any atom is -0.453 e. The van der Waals surface area contributed by atoms with Gasteiger partial charge in [-0.25, -0.2) is 4.79 Å². The Morgan fingerprint density at radius 1 is 1.00 bits per heavy atom. The van der Waals surface area contributed by atoms with Crippen molar-refractivity contribution in [1.82, 2.24) is 0 Å². The molecule has 3 nitrogen and oxygen atoms in total. The Labute approximate surface area is 136 Å². The number of fused-ring (bicyclic) bond motifs is 1. The van der Waals surface area contributed by atoms with Crippen LogP contribution in [0.4, 0.5) is 0 Å². The zero-order chi connectivity index (χ0) is 15.5. The quantitative estimate of drug-likeness (QED) is 0.519. The van der Waals surface area contributed by atoms with Gasteiger partial charge in [-0.3, -0.25) is 4.79 Å². The number of hydrogen-bond acceptors (Lipinski definition) is 4. The Morgan fingerprint density at radius 3 is 2.41 bits per heavy atom. The summed E-state index contributed by atoms with van der Waals surface area (Å²) in [6.45, 7) is -0.298. The van der Waals surface area contributed by atoms with Gasteiger partial charge >= 0.3 is 5.97 Å². The Bertz CT molecular complexity index is 839. The third kappa shape index (κ3) is 2.89. The first-order valence-corrected chi connectivity index (χ1v) is 7.78. The lowest BCUT2D eigenvalue weighted by Gasteiger charge is -2.03. The van der Waals surface area contributed by atoms with Crippen LogP contribution in [0.15, 0.2) is 54.6 Å². The number of ketones is 1. The fourth-order valence-electron chi connectivity index (χ4n) is 2.05. The third-order valence-corrected chi connectivity index (χ3v) is 4.81. The molecule has 0 bridgehead atoms. The smallest absolute Gasteiger partial charge is 0.350 e. The zero-order valence-corrected chi connectivity index (χ0v) is 13.0. The van der Waals surface area contributed by atoms with Crippen molar-refractivity contribution < 1.29 is 14.3 Å². The Hall–Kier alpha value is -2.17. The number of carbonyl (C=O) groups is 2. The predicted molar refractivity (Wildman–Crippen MR) is 87.9 cm³/mol. The molecule has 0 radical (unpaired) electrons. The molecule has 5 heteroatoms. The summed E-state index contributed by atoms with van der Waals surface area (Å²) in [6, 6.07) is 16.2. The van der Waals surface area contributed by atoms with Crippen LogP contribution in [0.3, 0.4) is 0 Å². The molecule has 0 unspecified atom stereocenters. The molecule has 2 aromatic carbocycles. The minimum atomic E-state index is -0.574. The Kier molecular flexibility index (Phi) is 4.22. The number of carbonyl (C=O) groups excluding carboxylic acids is 2. The Balaban J connectivity index is 1.74. The summed E-state index contributed by atoms with van der Waals surface area (Å²) in [5.74, 6) is -0.818. The van der Waals surface area contributed by atoms with Crippen LogP contribution in [-0.4, -0.2) is 18.4 Å². The number of halogens is 1. The van der Waals surface area contributed by atoms with Crippen LogP contribution in [-0.2, 0) is 4.74 Å². The molecule has 1 aromatic heterocycles. The molecule has 0 aliphatic carbocycles. The van der Waals surface area contributed by atoms with Gasteiger partial charge in [0.05, 0.1) is 5.02 Å². The second-order valence-electron chi connectivity index (χ2n) is 4.61. The van der Waals surface area contributed by atoms with E-state index in [4.69, 9.17) is 16.3 Å². The van der Waals surface area contributed by atoms with Crippen LogP contribution < -0.4 is 0 Å². The number of thiophene rings is 1. The number of hydrogen-bond donors (Lipinski definition) is 0. The van der Waals surface area contributed by atoms with Gasteiger partial charge in [-0.05, 0) is 6.07 Å². The van der Waals surface area contributed by atoms with Crippen molar-refractivity contribution >= 4 is 44.8 Å². The molecular weight excluding hydrogens is 320 g/mol. The molecule has 0 atom stereocenters. The van der Waals surface area contributed by atoms with E-state index in [1.165, 1.54) is 11.3 Å². The molecule has 0 aliphatic heterocycles. The summed E-state index contributed by atoms with van der Waals surface area (Å²) in [7, 11) is 0. The molecule has 0 N–H and O–H groups in total. The van der Waals surface area contributed by atoms with Crippen molar-refractivity contribution in [1.29, 1.82) is 0 Å². The normalized spacial score (nSPS) is 10.6. The SMILES string of the molecule is O=C(COC(=O)c1sc2ccccc2c1Cl)c1ccccc1. The summed E-state index contributed by atoms with van der Waals surface area (Å²) in [4.78, 5) is 24.4. The van der Waals surface area contributed by atoms with Crippen molar-refractivity contribution in [2.75, 3.05) is 6.61 Å². The minimum absolute atomic E-state index is 0.244. The highest BCUT2D eigenvalue weighted by Crippen LogP contribution is 2.35. The first kappa shape index (κ1) is 14.8. The maximum absolute atomic E-state index is 12.1. The molecule has 0 fully saturated rings. The van der Waals surface area contributed by atoms with E-state index in [1.54, 1.807) is 24.3 Å². The number of ether oxygens (including phenoxy) is 1. The van der Waals surface area contributed by atoms with Crippen molar-refractivity contribution in [2.24, 2.45) is 0 Å². The molecule has 110 valence electrons. The van der Waals surface area contributed by atoms with Gasteiger partial charge in [0, 0.05) is 15.6 Å². The largest absolute Gasteiger partial charge is 0.453 e. The third-order valence-electron chi connectivity index (χ3n) is 3.15. The molecule has 0 amide bonds. The number of rotatable bonds is 4. The van der Waals surface area contributed by atoms with Crippen molar-refractivity contribution in [3.05, 3.63) is 70.1 Å². The molecular formula is C17H11ClO3S. The van der Waals surface area contributed by atoms with E-state index in [0.29, 0.717) is 15.5 Å². The van der Waals surface area contributed by atoms with E-state index in [0.717, 1.165) is 10.1 Å². The van der Waals surface area contributed by atoms with Crippen LogP contribution in [0.5, 0.6) is 0 Å². The van der Waals surface area contributed by atoms with Gasteiger partial charge in [-0.15, -0.1) is 11.3 Å². The monoisotopic (exact) mass is 330 g/mol. The van der Waals surface area contributed by atoms with E-state index in [2.05, 4.69) is 0 Å². The highest BCUT2D eigenvalue weighted by molar-refractivity contribution is 7.21. The number of Topliss-reactive ketones (excluding diaryl/α,β-unsaturated/α-hetero) is 1. The summed E-state index contributed by atoms with van der Waals surface area (Å²) in [6.07, 6.45) is 0. The zero-order valence-electron chi connectivity index (χ0n) is 11.4. The molecule has 3 rings (SSSR count). The van der Waals surface area contributed by atoms with Gasteiger partial charge in [0.2, 0.25) is 0 Å². The summed E-state index contributed by atoms with van der Waals surface area (Å²) >= 11 is 7.47. The lowest BCUT2D eigenvalue weighted by atomic mass is 10.1. The first-order chi connectivity index (χ1) is 10.7. The van der Waals surface area contributed by atoms with Crippen LogP contribution in [0.2, 0.25) is 5.02 Å². The molecule has 0 aliphatic rings. The standard InChI is InChI=1S/C17H11ClO3S/c18-15-12-8-4-5-9-14(12)22-16(15)17(20)21-10-13(19)11-6-2-1-3-7-11/h1-9H,10H2. The van der Waals surface area contributed by atoms with Crippen molar-refractivity contribution in [2.45, 2.75) is 0 Å². The van der Waals surface area contributed by atoms with Gasteiger partial charge in [0.15, 0.2) is 12.4 Å². The van der Waals surface area contributed by atoms with Crippen LogP contribution >= 0.6 is 22.9 Å². The second kappa shape index (κ2) is 6.30. The highest BCUT2D eigenvalue weighted by atomic mass is 35.5. The van der Waals surface area contributed by atoms with Crippen LogP contribution in [0, 0.1) is 0 Å². The highest BCUT2D eigenvalue weighted by Gasteiger charge is 2.19. The van der Waals surface area contributed by atoms with E-state index in [9.17, 15) is 9.59 Å². The molecule has 22 heavy (non-hydrogen) atoms. The predicted octanol–water partition coefficient (Wildman–Crippen LogP) is 4.59. The lowest BCUT2D eigenvalue weighted by molar-refractivity contribution is 0.0480. The van der Waals surface area contributed by atoms with Gasteiger partial charge in [0.25, 0.3) is 0 Å². The molecule has 0 saturated carbocycles. The average molecular weight is 331 g/mol. The number of benzene rings is 2. The average Bonchev–Trinajstić information content (AvgIpc) is 2.90. The van der Waals surface area contributed by atoms with E-state index in [1.807, 2.05) is 30.3 Å². The van der Waals surface area contributed by atoms with E-state index < -0.39 is 5.97 Å². The van der Waals surface area contributed by atoms with Crippen LogP contribution in [0.1, 0.15) is 20.0 Å². The van der Waals surface area contributed by atoms with E-state index >= 15 is 0 Å². The Morgan fingerprint density at radius 2 is 1.68 bits per heavy atom. The maximum atomic E-state index is 12.1. The van der Waals surface area contributed by atoms with Crippen LogP contribution in [0.25, 0.3) is 10.1 Å². The lowest BCUT2D eigenvalue weighted by Crippen LogP contribution is -2.13. The topological polar surface area (TPSA) is 43.4 Å². The summed E-state index contributed by atoms with van der Waals surface area (Å²) < 4.78 is 6.00. The van der Waals surface area contributed by atoms with Crippen molar-refractivity contribution in [3.63, 3.8) is 0 Å². The molecule has 0 spiro atoms. The summed E-state index contributed by atoms with van der Waals surface area (Å²) in [5.41, 5.74) is 0.512. The molecule has 3 aromatic rings. The van der Waals surface area contributed by atoms with Gasteiger partial charge < -0.3 is 4.74 Å². The van der Waals surface area contributed by atoms with Gasteiger partial charge in [-0.2, -0.15) is 0 Å². The van der Waals surface area contributed by atoms with Crippen molar-refractivity contribution in [3.8, 4) is 0 Å². The van der Waals surface area contributed by atoms with Gasteiger partial charge in [-0.1, -0.05) is 60.1 Å². The second-order valence-corrected chi connectivity index (χ2v) is 6.04. The summed E-state index contributed by atoms with van der Waals surface area (Å²) in [5, 5.41) is 1.19. The van der Waals surface area contributed by atoms with E-state index in [-0.39, 0.29) is 12.4 Å². The fraction of sp³-hybridized carbons (Fsp3) is 0.0588. The molecule has 1 heterocycles. The number of esters is 1. The van der Waals surface area contributed by atoms with Gasteiger partial charge in [0.1, 0.15) is 4.88 Å². The maximum Gasteiger partial charge on any atom is 0.350 e.